The minimum Gasteiger partial charge on any atom is -0.383 e. The zero-order chi connectivity index (χ0) is 22.6. The van der Waals surface area contributed by atoms with Gasteiger partial charge in [-0.05, 0) is 29.8 Å². The van der Waals surface area contributed by atoms with E-state index in [9.17, 15) is 22.8 Å². The van der Waals surface area contributed by atoms with E-state index in [1.54, 1.807) is 35.0 Å². The molecule has 0 spiro atoms. The lowest BCUT2D eigenvalue weighted by Gasteiger charge is -2.15. The number of rotatable bonds is 3. The van der Waals surface area contributed by atoms with Crippen LogP contribution in [0.25, 0.3) is 21.8 Å². The van der Waals surface area contributed by atoms with Crippen molar-refractivity contribution in [2.75, 3.05) is 10.6 Å². The Morgan fingerprint density at radius 3 is 2.41 bits per heavy atom. The number of anilines is 2. The number of imide groups is 1. The molecule has 0 bridgehead atoms. The Balaban J connectivity index is 1.60. The van der Waals surface area contributed by atoms with E-state index in [4.69, 9.17) is 5.73 Å². The van der Waals surface area contributed by atoms with E-state index < -0.39 is 11.7 Å². The van der Waals surface area contributed by atoms with Crippen molar-refractivity contribution >= 4 is 45.4 Å². The van der Waals surface area contributed by atoms with Gasteiger partial charge in [0.05, 0.1) is 16.5 Å². The lowest BCUT2D eigenvalue weighted by molar-refractivity contribution is -0.138. The lowest BCUT2D eigenvalue weighted by atomic mass is 10.1. The Labute approximate surface area is 179 Å². The average Bonchev–Trinajstić information content (AvgIpc) is 3.30. The molecule has 2 aromatic carbocycles. The maximum absolute atomic E-state index is 13.4. The molecule has 2 aromatic heterocycles. The summed E-state index contributed by atoms with van der Waals surface area (Å²) in [6.07, 6.45) is -2.58. The molecule has 0 saturated carbocycles. The number of halogens is 3. The number of amides is 2. The second-order valence-electron chi connectivity index (χ2n) is 7.52. The fourth-order valence-corrected chi connectivity index (χ4v) is 4.08. The van der Waals surface area contributed by atoms with Crippen molar-refractivity contribution in [3.63, 3.8) is 0 Å². The first-order valence-electron chi connectivity index (χ1n) is 9.80. The van der Waals surface area contributed by atoms with Crippen molar-refractivity contribution < 1.29 is 22.8 Å². The summed E-state index contributed by atoms with van der Waals surface area (Å²) in [5.74, 6) is -0.759. The molecule has 1 aliphatic heterocycles. The third kappa shape index (κ3) is 3.15. The van der Waals surface area contributed by atoms with E-state index in [0.717, 1.165) is 11.0 Å². The van der Waals surface area contributed by atoms with Crippen molar-refractivity contribution in [3.8, 4) is 0 Å². The first-order chi connectivity index (χ1) is 15.2. The van der Waals surface area contributed by atoms with Crippen LogP contribution in [0.1, 0.15) is 24.0 Å². The van der Waals surface area contributed by atoms with E-state index in [2.05, 4.69) is 9.97 Å². The maximum atomic E-state index is 13.4. The third-order valence-electron chi connectivity index (χ3n) is 5.54. The molecule has 0 unspecified atom stereocenters. The summed E-state index contributed by atoms with van der Waals surface area (Å²) in [4.78, 5) is 33.5. The van der Waals surface area contributed by atoms with Gasteiger partial charge in [0.25, 0.3) is 0 Å². The number of carbonyl (C=O) groups is 2. The molecule has 10 heteroatoms. The number of hydrogen-bond acceptors (Lipinski definition) is 5. The van der Waals surface area contributed by atoms with E-state index in [1.165, 1.54) is 12.1 Å². The Bertz CT molecular complexity index is 1390. The van der Waals surface area contributed by atoms with Gasteiger partial charge >= 0.3 is 6.18 Å². The van der Waals surface area contributed by atoms with Crippen LogP contribution in [0.3, 0.4) is 0 Å². The van der Waals surface area contributed by atoms with Gasteiger partial charge in [0, 0.05) is 36.5 Å². The SMILES string of the molecule is Nc1nc(N2C(=O)CCC2=O)nc2ccc3c(ccn3Cc3ccccc3C(F)(F)F)c12. The molecular weight excluding hydrogens is 423 g/mol. The Morgan fingerprint density at radius 1 is 0.969 bits per heavy atom. The zero-order valence-electron chi connectivity index (χ0n) is 16.6. The summed E-state index contributed by atoms with van der Waals surface area (Å²) >= 11 is 0. The second kappa shape index (κ2) is 7.04. The molecule has 2 N–H and O–H groups in total. The topological polar surface area (TPSA) is 94.1 Å². The molecule has 1 aliphatic rings. The number of hydrogen-bond donors (Lipinski definition) is 1. The molecule has 4 aromatic rings. The summed E-state index contributed by atoms with van der Waals surface area (Å²) in [6.45, 7) is 0.0142. The van der Waals surface area contributed by atoms with Crippen molar-refractivity contribution in [2.24, 2.45) is 0 Å². The molecule has 162 valence electrons. The van der Waals surface area contributed by atoms with E-state index in [0.29, 0.717) is 21.8 Å². The van der Waals surface area contributed by atoms with Gasteiger partial charge in [0.2, 0.25) is 17.8 Å². The van der Waals surface area contributed by atoms with E-state index in [-0.39, 0.29) is 48.5 Å². The van der Waals surface area contributed by atoms with E-state index >= 15 is 0 Å². The van der Waals surface area contributed by atoms with Crippen LogP contribution < -0.4 is 10.6 Å². The number of nitrogens with two attached hydrogens (primary N) is 1. The van der Waals surface area contributed by atoms with E-state index in [1.807, 2.05) is 0 Å². The molecule has 1 saturated heterocycles. The summed E-state index contributed by atoms with van der Waals surface area (Å²) in [7, 11) is 0. The van der Waals surface area contributed by atoms with Gasteiger partial charge in [-0.1, -0.05) is 18.2 Å². The maximum Gasteiger partial charge on any atom is 0.416 e. The summed E-state index contributed by atoms with van der Waals surface area (Å²) in [6, 6.07) is 10.5. The summed E-state index contributed by atoms with van der Waals surface area (Å²) < 4.78 is 41.8. The third-order valence-corrected chi connectivity index (χ3v) is 5.54. The van der Waals surface area contributed by atoms with Gasteiger partial charge in [-0.3, -0.25) is 9.59 Å². The Morgan fingerprint density at radius 2 is 1.69 bits per heavy atom. The predicted octanol–water partition coefficient (Wildman–Crippen LogP) is 3.89. The van der Waals surface area contributed by atoms with Crippen LogP contribution in [0.2, 0.25) is 0 Å². The minimum absolute atomic E-state index is 0.0142. The number of fused-ring (bicyclic) bond motifs is 3. The van der Waals surface area contributed by atoms with Gasteiger partial charge in [0.15, 0.2) is 0 Å². The number of carbonyl (C=O) groups excluding carboxylic acids is 2. The monoisotopic (exact) mass is 439 g/mol. The second-order valence-corrected chi connectivity index (χ2v) is 7.52. The predicted molar refractivity (Wildman–Crippen MR) is 112 cm³/mol. The van der Waals surface area contributed by atoms with Crippen molar-refractivity contribution in [1.29, 1.82) is 0 Å². The van der Waals surface area contributed by atoms with Crippen LogP contribution in [-0.4, -0.2) is 26.3 Å². The van der Waals surface area contributed by atoms with Gasteiger partial charge in [0.1, 0.15) is 5.82 Å². The standard InChI is InChI=1S/C22H16F3N5O2/c23-22(24,25)14-4-2-1-3-12(14)11-29-10-9-13-16(29)6-5-15-19(13)20(26)28-21(27-15)30-17(31)7-8-18(30)32/h1-6,9-10H,7-8,11H2,(H2,26,27,28). The number of alkyl halides is 3. The molecule has 0 atom stereocenters. The van der Waals surface area contributed by atoms with Gasteiger partial charge < -0.3 is 10.3 Å². The zero-order valence-corrected chi connectivity index (χ0v) is 16.6. The van der Waals surface area contributed by atoms with Crippen LogP contribution in [0.15, 0.2) is 48.7 Å². The average molecular weight is 439 g/mol. The molecule has 1 fully saturated rings. The highest BCUT2D eigenvalue weighted by Gasteiger charge is 2.34. The normalized spacial score (nSPS) is 14.8. The molecule has 7 nitrogen and oxygen atoms in total. The highest BCUT2D eigenvalue weighted by Crippen LogP contribution is 2.34. The first-order valence-corrected chi connectivity index (χ1v) is 9.80. The van der Waals surface area contributed by atoms with Crippen LogP contribution in [0.4, 0.5) is 24.9 Å². The van der Waals surface area contributed by atoms with Crippen LogP contribution >= 0.6 is 0 Å². The number of nitrogens with zero attached hydrogens (tertiary/aromatic N) is 4. The van der Waals surface area contributed by atoms with Crippen LogP contribution in [-0.2, 0) is 22.3 Å². The quantitative estimate of drug-likeness (QED) is 0.489. The number of nitrogen functional groups attached to an aromatic ring is 1. The summed E-state index contributed by atoms with van der Waals surface area (Å²) in [5, 5.41) is 1.17. The van der Waals surface area contributed by atoms with Gasteiger partial charge in [-0.25, -0.2) is 9.88 Å². The largest absolute Gasteiger partial charge is 0.416 e. The lowest BCUT2D eigenvalue weighted by Crippen LogP contribution is -2.30. The molecular formula is C22H16F3N5O2. The van der Waals surface area contributed by atoms with Crippen molar-refractivity contribution in [3.05, 3.63) is 59.8 Å². The van der Waals surface area contributed by atoms with Gasteiger partial charge in [-0.15, -0.1) is 0 Å². The van der Waals surface area contributed by atoms with Crippen molar-refractivity contribution in [1.82, 2.24) is 14.5 Å². The molecule has 0 radical (unpaired) electrons. The van der Waals surface area contributed by atoms with Crippen LogP contribution in [0, 0.1) is 0 Å². The fourth-order valence-electron chi connectivity index (χ4n) is 4.08. The molecule has 32 heavy (non-hydrogen) atoms. The highest BCUT2D eigenvalue weighted by atomic mass is 19.4. The highest BCUT2D eigenvalue weighted by molar-refractivity contribution is 6.19. The fraction of sp³-hybridized carbons (Fsp3) is 0.182. The molecule has 2 amide bonds. The van der Waals surface area contributed by atoms with Crippen molar-refractivity contribution in [2.45, 2.75) is 25.6 Å². The Kier molecular flexibility index (Phi) is 4.40. The van der Waals surface area contributed by atoms with Crippen LogP contribution in [0.5, 0.6) is 0 Å². The number of benzene rings is 2. The Hall–Kier alpha value is -3.95. The molecule has 5 rings (SSSR count). The number of aromatic nitrogens is 3. The minimum atomic E-state index is -4.45. The summed E-state index contributed by atoms with van der Waals surface area (Å²) in [5.41, 5.74) is 6.71. The molecule has 0 aliphatic carbocycles. The smallest absolute Gasteiger partial charge is 0.383 e. The first kappa shape index (κ1) is 20.0. The van der Waals surface area contributed by atoms with Gasteiger partial charge in [-0.2, -0.15) is 18.2 Å². The molecule has 3 heterocycles.